The Morgan fingerprint density at radius 1 is 1.00 bits per heavy atom. The SMILES string of the molecule is CCCCCC(O)C=CC(=CCCCCC(CCC(=O)O)CCC(C)C)Cc1cccc(O)c1. The van der Waals surface area contributed by atoms with Gasteiger partial charge in [0.25, 0.3) is 0 Å². The Kier molecular flexibility index (Phi) is 16.1. The van der Waals surface area contributed by atoms with Gasteiger partial charge in [-0.25, -0.2) is 0 Å². The van der Waals surface area contributed by atoms with Crippen molar-refractivity contribution >= 4 is 5.97 Å². The molecule has 1 aromatic rings. The van der Waals surface area contributed by atoms with E-state index in [0.29, 0.717) is 11.8 Å². The molecule has 0 aliphatic rings. The Hall–Kier alpha value is -2.07. The summed E-state index contributed by atoms with van der Waals surface area (Å²) in [6.45, 7) is 6.61. The summed E-state index contributed by atoms with van der Waals surface area (Å²) in [4.78, 5) is 11.0. The lowest BCUT2D eigenvalue weighted by Crippen LogP contribution is -2.06. The Morgan fingerprint density at radius 3 is 2.44 bits per heavy atom. The molecule has 0 spiro atoms. The van der Waals surface area contributed by atoms with Gasteiger partial charge in [-0.1, -0.05) is 96.1 Å². The zero-order chi connectivity index (χ0) is 25.2. The minimum Gasteiger partial charge on any atom is -0.508 e. The summed E-state index contributed by atoms with van der Waals surface area (Å²) < 4.78 is 0. The van der Waals surface area contributed by atoms with E-state index in [1.807, 2.05) is 24.3 Å². The van der Waals surface area contributed by atoms with Crippen molar-refractivity contribution in [2.24, 2.45) is 11.8 Å². The Bertz CT molecular complexity index is 735. The highest BCUT2D eigenvalue weighted by atomic mass is 16.4. The summed E-state index contributed by atoms with van der Waals surface area (Å²) in [5.41, 5.74) is 2.21. The van der Waals surface area contributed by atoms with Gasteiger partial charge in [0.2, 0.25) is 0 Å². The van der Waals surface area contributed by atoms with E-state index >= 15 is 0 Å². The maximum absolute atomic E-state index is 11.0. The first-order valence-corrected chi connectivity index (χ1v) is 13.3. The number of phenols is 1. The molecule has 4 nitrogen and oxygen atoms in total. The number of rotatable bonds is 19. The highest BCUT2D eigenvalue weighted by molar-refractivity contribution is 5.66. The van der Waals surface area contributed by atoms with Gasteiger partial charge in [0.05, 0.1) is 6.10 Å². The smallest absolute Gasteiger partial charge is 0.303 e. The first-order valence-electron chi connectivity index (χ1n) is 13.3. The highest BCUT2D eigenvalue weighted by Crippen LogP contribution is 2.24. The molecule has 0 fully saturated rings. The molecule has 3 N–H and O–H groups in total. The van der Waals surface area contributed by atoms with Crippen molar-refractivity contribution in [2.45, 2.75) is 110 Å². The Labute approximate surface area is 207 Å². The predicted octanol–water partition coefficient (Wildman–Crippen LogP) is 7.84. The van der Waals surface area contributed by atoms with Crippen LogP contribution in [0.3, 0.4) is 0 Å². The third-order valence-corrected chi connectivity index (χ3v) is 6.35. The van der Waals surface area contributed by atoms with Crippen molar-refractivity contribution in [3.63, 3.8) is 0 Å². The molecule has 0 aliphatic heterocycles. The van der Waals surface area contributed by atoms with Crippen LogP contribution in [0.25, 0.3) is 0 Å². The largest absolute Gasteiger partial charge is 0.508 e. The molecule has 0 saturated heterocycles. The van der Waals surface area contributed by atoms with Crippen LogP contribution in [-0.2, 0) is 11.2 Å². The topological polar surface area (TPSA) is 77.8 Å². The summed E-state index contributed by atoms with van der Waals surface area (Å²) in [5, 5.41) is 29.1. The van der Waals surface area contributed by atoms with Gasteiger partial charge in [0, 0.05) is 6.42 Å². The summed E-state index contributed by atoms with van der Waals surface area (Å²) in [6, 6.07) is 7.35. The second-order valence-corrected chi connectivity index (χ2v) is 10.1. The fraction of sp³-hybridized carbons (Fsp3) is 0.633. The third-order valence-electron chi connectivity index (χ3n) is 6.35. The van der Waals surface area contributed by atoms with Gasteiger partial charge in [0.15, 0.2) is 0 Å². The maximum atomic E-state index is 11.0. The number of hydrogen-bond donors (Lipinski definition) is 3. The van der Waals surface area contributed by atoms with Crippen molar-refractivity contribution < 1.29 is 20.1 Å². The van der Waals surface area contributed by atoms with E-state index < -0.39 is 12.1 Å². The molecule has 0 bridgehead atoms. The molecule has 0 saturated carbocycles. The van der Waals surface area contributed by atoms with Gasteiger partial charge in [0.1, 0.15) is 5.75 Å². The molecular formula is C30H48O4. The standard InChI is InChI=1S/C30H48O4/c1-4-5-7-14-28(31)20-18-26(22-27-13-10-15-29(32)23-27)12-9-6-8-11-25(17-16-24(2)3)19-21-30(33)34/h10,12-13,15,18,20,23-25,28,31-32H,4-9,11,14,16-17,19,21-22H2,1-3H3,(H,33,34). The van der Waals surface area contributed by atoms with Crippen LogP contribution in [-0.4, -0.2) is 27.4 Å². The van der Waals surface area contributed by atoms with E-state index in [2.05, 4.69) is 26.8 Å². The predicted molar refractivity (Wildman–Crippen MR) is 142 cm³/mol. The number of aliphatic carboxylic acids is 1. The molecule has 2 atom stereocenters. The number of hydrogen-bond acceptors (Lipinski definition) is 3. The van der Waals surface area contributed by atoms with Gasteiger partial charge in [-0.05, 0) is 67.2 Å². The van der Waals surface area contributed by atoms with E-state index in [9.17, 15) is 15.0 Å². The molecule has 0 aliphatic carbocycles. The van der Waals surface area contributed by atoms with Crippen LogP contribution in [0.4, 0.5) is 0 Å². The van der Waals surface area contributed by atoms with E-state index in [1.54, 1.807) is 12.1 Å². The van der Waals surface area contributed by atoms with E-state index in [4.69, 9.17) is 5.11 Å². The van der Waals surface area contributed by atoms with Crippen molar-refractivity contribution in [3.05, 3.63) is 53.6 Å². The van der Waals surface area contributed by atoms with Crippen molar-refractivity contribution in [2.75, 3.05) is 0 Å². The molecule has 34 heavy (non-hydrogen) atoms. The average molecular weight is 473 g/mol. The molecule has 0 heterocycles. The lowest BCUT2D eigenvalue weighted by atomic mass is 9.89. The summed E-state index contributed by atoms with van der Waals surface area (Å²) in [6.07, 6.45) is 18.1. The van der Waals surface area contributed by atoms with Gasteiger partial charge in [-0.15, -0.1) is 0 Å². The summed E-state index contributed by atoms with van der Waals surface area (Å²) >= 11 is 0. The van der Waals surface area contributed by atoms with Crippen LogP contribution in [0.15, 0.2) is 48.1 Å². The minimum absolute atomic E-state index is 0.266. The zero-order valence-electron chi connectivity index (χ0n) is 21.7. The Balaban J connectivity index is 2.65. The van der Waals surface area contributed by atoms with Crippen LogP contribution in [0.1, 0.15) is 103 Å². The van der Waals surface area contributed by atoms with Gasteiger partial charge in [-0.3, -0.25) is 4.79 Å². The van der Waals surface area contributed by atoms with Gasteiger partial charge < -0.3 is 15.3 Å². The number of phenolic OH excluding ortho intramolecular Hbond substituents is 1. The van der Waals surface area contributed by atoms with Crippen molar-refractivity contribution in [3.8, 4) is 5.75 Å². The number of aromatic hydroxyl groups is 1. The van der Waals surface area contributed by atoms with Crippen LogP contribution in [0.5, 0.6) is 5.75 Å². The molecule has 1 rings (SSSR count). The second-order valence-electron chi connectivity index (χ2n) is 10.1. The normalized spacial score (nSPS) is 14.1. The molecular weight excluding hydrogens is 424 g/mol. The number of aliphatic hydroxyl groups excluding tert-OH is 1. The molecule has 0 aromatic heterocycles. The first kappa shape index (κ1) is 30.0. The number of carboxylic acids is 1. The van der Waals surface area contributed by atoms with E-state index in [0.717, 1.165) is 88.2 Å². The second kappa shape index (κ2) is 18.3. The molecule has 0 amide bonds. The molecule has 4 heteroatoms. The summed E-state index contributed by atoms with van der Waals surface area (Å²) in [7, 11) is 0. The van der Waals surface area contributed by atoms with Gasteiger partial charge >= 0.3 is 5.97 Å². The maximum Gasteiger partial charge on any atom is 0.303 e. The van der Waals surface area contributed by atoms with Crippen molar-refractivity contribution in [1.29, 1.82) is 0 Å². The van der Waals surface area contributed by atoms with E-state index in [-0.39, 0.29) is 12.2 Å². The first-order chi connectivity index (χ1) is 16.3. The van der Waals surface area contributed by atoms with Crippen LogP contribution in [0, 0.1) is 11.8 Å². The Morgan fingerprint density at radius 2 is 1.76 bits per heavy atom. The quantitative estimate of drug-likeness (QED) is 0.142. The number of benzene rings is 1. The fourth-order valence-corrected chi connectivity index (χ4v) is 4.23. The monoisotopic (exact) mass is 472 g/mol. The average Bonchev–Trinajstić information content (AvgIpc) is 2.78. The molecule has 0 radical (unpaired) electrons. The van der Waals surface area contributed by atoms with Crippen LogP contribution >= 0.6 is 0 Å². The molecule has 192 valence electrons. The number of unbranched alkanes of at least 4 members (excludes halogenated alkanes) is 4. The number of carboxylic acid groups (broad SMARTS) is 1. The third kappa shape index (κ3) is 15.7. The summed E-state index contributed by atoms with van der Waals surface area (Å²) in [5.74, 6) is 0.721. The number of allylic oxidation sites excluding steroid dienone is 3. The fourth-order valence-electron chi connectivity index (χ4n) is 4.23. The lowest BCUT2D eigenvalue weighted by Gasteiger charge is -2.17. The van der Waals surface area contributed by atoms with Crippen LogP contribution in [0.2, 0.25) is 0 Å². The lowest BCUT2D eigenvalue weighted by molar-refractivity contribution is -0.137. The minimum atomic E-state index is -0.697. The number of aliphatic hydroxyl groups is 1. The van der Waals surface area contributed by atoms with Gasteiger partial charge in [-0.2, -0.15) is 0 Å². The van der Waals surface area contributed by atoms with Crippen molar-refractivity contribution in [1.82, 2.24) is 0 Å². The zero-order valence-corrected chi connectivity index (χ0v) is 21.7. The number of carbonyl (C=O) groups is 1. The van der Waals surface area contributed by atoms with E-state index in [1.165, 1.54) is 0 Å². The van der Waals surface area contributed by atoms with Crippen LogP contribution < -0.4 is 0 Å². The molecule has 1 aromatic carbocycles. The highest BCUT2D eigenvalue weighted by Gasteiger charge is 2.12. The molecule has 2 unspecified atom stereocenters.